The summed E-state index contributed by atoms with van der Waals surface area (Å²) < 4.78 is 27.8. The van der Waals surface area contributed by atoms with Gasteiger partial charge in [0.1, 0.15) is 16.6 Å². The number of benzene rings is 1. The summed E-state index contributed by atoms with van der Waals surface area (Å²) in [5.41, 5.74) is 1.47. The van der Waals surface area contributed by atoms with Gasteiger partial charge in [-0.1, -0.05) is 44.2 Å². The van der Waals surface area contributed by atoms with E-state index in [-0.39, 0.29) is 42.9 Å². The summed E-state index contributed by atoms with van der Waals surface area (Å²) in [5, 5.41) is 6.10. The number of aromatic amines is 1. The van der Waals surface area contributed by atoms with Gasteiger partial charge >= 0.3 is 6.03 Å². The molecule has 3 amide bonds. The highest BCUT2D eigenvalue weighted by Crippen LogP contribution is 2.25. The number of fused-ring (bicyclic) bond motifs is 1. The van der Waals surface area contributed by atoms with Crippen molar-refractivity contribution in [3.63, 3.8) is 0 Å². The molecule has 1 unspecified atom stereocenters. The number of carbonyl (C=O) groups is 2. The first kappa shape index (κ1) is 24.7. The molecule has 4 rings (SSSR count). The van der Waals surface area contributed by atoms with Gasteiger partial charge in [0.2, 0.25) is 15.9 Å². The number of H-pyrrole nitrogens is 1. The molecule has 3 aromatic rings. The van der Waals surface area contributed by atoms with E-state index in [1.165, 1.54) is 10.5 Å². The number of hydrogen-bond acceptors (Lipinski definition) is 5. The van der Waals surface area contributed by atoms with Gasteiger partial charge in [0.15, 0.2) is 0 Å². The topological polar surface area (TPSA) is 127 Å². The summed E-state index contributed by atoms with van der Waals surface area (Å²) in [5.74, 6) is -0.353. The van der Waals surface area contributed by atoms with Crippen LogP contribution >= 0.6 is 0 Å². The van der Waals surface area contributed by atoms with E-state index in [9.17, 15) is 18.0 Å². The van der Waals surface area contributed by atoms with E-state index >= 15 is 0 Å². The Morgan fingerprint density at radius 3 is 2.46 bits per heavy atom. The van der Waals surface area contributed by atoms with Crippen LogP contribution in [0.5, 0.6) is 0 Å². The normalized spacial score (nSPS) is 15.8. The first-order valence-electron chi connectivity index (χ1n) is 11.6. The SMILES string of the molecule is CC(C)C(NC(=O)NCc1ccccc1)C(=O)N1CCN(S(=O)(=O)c2c[nH]c3ncccc23)CC1. The van der Waals surface area contributed by atoms with Crippen LogP contribution in [-0.2, 0) is 21.4 Å². The Bertz CT molecular complexity index is 1280. The van der Waals surface area contributed by atoms with E-state index in [0.29, 0.717) is 17.6 Å². The number of hydrogen-bond donors (Lipinski definition) is 3. The Balaban J connectivity index is 1.36. The fourth-order valence-corrected chi connectivity index (χ4v) is 5.69. The Morgan fingerprint density at radius 1 is 1.06 bits per heavy atom. The molecule has 1 aromatic carbocycles. The lowest BCUT2D eigenvalue weighted by Gasteiger charge is -2.36. The maximum Gasteiger partial charge on any atom is 0.315 e. The fourth-order valence-electron chi connectivity index (χ4n) is 4.11. The fraction of sp³-hybridized carbons (Fsp3) is 0.375. The number of rotatable bonds is 7. The van der Waals surface area contributed by atoms with Crippen molar-refractivity contribution in [1.29, 1.82) is 0 Å². The quantitative estimate of drug-likeness (QED) is 0.459. The maximum atomic E-state index is 13.2. The zero-order valence-corrected chi connectivity index (χ0v) is 20.6. The third-order valence-electron chi connectivity index (χ3n) is 6.10. The number of pyridine rings is 1. The predicted octanol–water partition coefficient (Wildman–Crippen LogP) is 1.92. The molecule has 3 N–H and O–H groups in total. The lowest BCUT2D eigenvalue weighted by Crippen LogP contribution is -2.58. The Hall–Kier alpha value is -3.44. The van der Waals surface area contributed by atoms with E-state index in [4.69, 9.17) is 0 Å². The third-order valence-corrected chi connectivity index (χ3v) is 8.04. The van der Waals surface area contributed by atoms with Crippen molar-refractivity contribution in [3.05, 3.63) is 60.4 Å². The molecule has 35 heavy (non-hydrogen) atoms. The molecule has 0 radical (unpaired) electrons. The number of sulfonamides is 1. The number of carbonyl (C=O) groups excluding carboxylic acids is 2. The summed E-state index contributed by atoms with van der Waals surface area (Å²) in [6.45, 7) is 4.92. The van der Waals surface area contributed by atoms with Crippen molar-refractivity contribution < 1.29 is 18.0 Å². The molecule has 2 aromatic heterocycles. The Morgan fingerprint density at radius 2 is 1.77 bits per heavy atom. The Labute approximate surface area is 204 Å². The average molecular weight is 499 g/mol. The molecule has 1 saturated heterocycles. The van der Waals surface area contributed by atoms with Gasteiger partial charge < -0.3 is 20.5 Å². The first-order chi connectivity index (χ1) is 16.8. The maximum absolute atomic E-state index is 13.2. The van der Waals surface area contributed by atoms with Crippen molar-refractivity contribution >= 4 is 33.0 Å². The van der Waals surface area contributed by atoms with Gasteiger partial charge in [0, 0.05) is 50.5 Å². The Kier molecular flexibility index (Phi) is 7.37. The van der Waals surface area contributed by atoms with Crippen molar-refractivity contribution in [2.24, 2.45) is 5.92 Å². The molecule has 0 aliphatic carbocycles. The molecule has 1 aliphatic heterocycles. The smallest absolute Gasteiger partial charge is 0.315 e. The minimum atomic E-state index is -3.74. The van der Waals surface area contributed by atoms with Crippen LogP contribution in [0.3, 0.4) is 0 Å². The van der Waals surface area contributed by atoms with Crippen molar-refractivity contribution in [1.82, 2.24) is 29.8 Å². The largest absolute Gasteiger partial charge is 0.345 e. The number of nitrogens with zero attached hydrogens (tertiary/aromatic N) is 3. The highest BCUT2D eigenvalue weighted by Gasteiger charge is 2.35. The molecule has 3 heterocycles. The number of nitrogens with one attached hydrogen (secondary N) is 3. The summed E-state index contributed by atoms with van der Waals surface area (Å²) in [7, 11) is -3.74. The van der Waals surface area contributed by atoms with Gasteiger partial charge in [0.25, 0.3) is 0 Å². The second kappa shape index (κ2) is 10.4. The summed E-state index contributed by atoms with van der Waals surface area (Å²) in [4.78, 5) is 34.5. The summed E-state index contributed by atoms with van der Waals surface area (Å²) >= 11 is 0. The second-order valence-corrected chi connectivity index (χ2v) is 10.7. The van der Waals surface area contributed by atoms with Crippen molar-refractivity contribution in [3.8, 4) is 0 Å². The lowest BCUT2D eigenvalue weighted by atomic mass is 10.0. The number of amides is 3. The molecule has 1 aliphatic rings. The molecular weight excluding hydrogens is 468 g/mol. The van der Waals surface area contributed by atoms with E-state index in [1.54, 1.807) is 23.2 Å². The predicted molar refractivity (Wildman–Crippen MR) is 132 cm³/mol. The van der Waals surface area contributed by atoms with Crippen LogP contribution in [0.4, 0.5) is 4.79 Å². The molecular formula is C24H30N6O4S. The van der Waals surface area contributed by atoms with Gasteiger partial charge in [0.05, 0.1) is 0 Å². The van der Waals surface area contributed by atoms with Crippen LogP contribution in [0.2, 0.25) is 0 Å². The zero-order chi connectivity index (χ0) is 25.0. The standard InChI is InChI=1S/C24H30N6O4S/c1-17(2)21(28-24(32)27-15-18-7-4-3-5-8-18)23(31)29-11-13-30(14-12-29)35(33,34)20-16-26-22-19(20)9-6-10-25-22/h3-10,16-17,21H,11-15H2,1-2H3,(H,25,26)(H2,27,28,32). The number of aromatic nitrogens is 2. The third kappa shape index (κ3) is 5.46. The minimum Gasteiger partial charge on any atom is -0.345 e. The van der Waals surface area contributed by atoms with Gasteiger partial charge in [-0.2, -0.15) is 4.31 Å². The van der Waals surface area contributed by atoms with Gasteiger partial charge in [-0.3, -0.25) is 4.79 Å². The van der Waals surface area contributed by atoms with Crippen LogP contribution in [0.1, 0.15) is 19.4 Å². The van der Waals surface area contributed by atoms with Crippen LogP contribution in [0.15, 0.2) is 59.8 Å². The van der Waals surface area contributed by atoms with Crippen LogP contribution in [-0.4, -0.2) is 71.8 Å². The molecule has 11 heteroatoms. The van der Waals surface area contributed by atoms with E-state index in [0.717, 1.165) is 5.56 Å². The number of piperazine rings is 1. The highest BCUT2D eigenvalue weighted by atomic mass is 32.2. The second-order valence-electron chi connectivity index (χ2n) is 8.82. The van der Waals surface area contributed by atoms with Crippen molar-refractivity contribution in [2.45, 2.75) is 31.3 Å². The molecule has 0 spiro atoms. The van der Waals surface area contributed by atoms with Crippen molar-refractivity contribution in [2.75, 3.05) is 26.2 Å². The molecule has 0 bridgehead atoms. The first-order valence-corrected chi connectivity index (χ1v) is 13.0. The van der Waals surface area contributed by atoms with Crippen LogP contribution < -0.4 is 10.6 Å². The van der Waals surface area contributed by atoms with Gasteiger partial charge in [-0.25, -0.2) is 18.2 Å². The molecule has 1 atom stereocenters. The van der Waals surface area contributed by atoms with Gasteiger partial charge in [-0.05, 0) is 23.6 Å². The monoisotopic (exact) mass is 498 g/mol. The molecule has 186 valence electrons. The summed E-state index contributed by atoms with van der Waals surface area (Å²) in [6, 6.07) is 11.8. The van der Waals surface area contributed by atoms with Crippen LogP contribution in [0, 0.1) is 5.92 Å². The minimum absolute atomic E-state index is 0.134. The van der Waals surface area contributed by atoms with E-state index in [1.807, 2.05) is 44.2 Å². The molecule has 0 saturated carbocycles. The molecule has 10 nitrogen and oxygen atoms in total. The molecule has 1 fully saturated rings. The van der Waals surface area contributed by atoms with Gasteiger partial charge in [-0.15, -0.1) is 0 Å². The average Bonchev–Trinajstić information content (AvgIpc) is 3.31. The van der Waals surface area contributed by atoms with Crippen LogP contribution in [0.25, 0.3) is 11.0 Å². The number of urea groups is 1. The van der Waals surface area contributed by atoms with E-state index in [2.05, 4.69) is 20.6 Å². The van der Waals surface area contributed by atoms with E-state index < -0.39 is 22.1 Å². The summed E-state index contributed by atoms with van der Waals surface area (Å²) in [6.07, 6.45) is 3.05. The lowest BCUT2D eigenvalue weighted by molar-refractivity contribution is -0.135. The highest BCUT2D eigenvalue weighted by molar-refractivity contribution is 7.89. The zero-order valence-electron chi connectivity index (χ0n) is 19.8.